The zero-order valence-electron chi connectivity index (χ0n) is 16.0. The minimum atomic E-state index is -0.964. The van der Waals surface area contributed by atoms with Crippen LogP contribution in [0.1, 0.15) is 30.0 Å². The third-order valence-electron chi connectivity index (χ3n) is 4.61. The number of aromatic nitrogens is 2. The summed E-state index contributed by atoms with van der Waals surface area (Å²) < 4.78 is 17.3. The van der Waals surface area contributed by atoms with Crippen LogP contribution < -0.4 is 20.1 Å². The quantitative estimate of drug-likeness (QED) is 0.663. The van der Waals surface area contributed by atoms with E-state index in [1.54, 1.807) is 56.6 Å². The van der Waals surface area contributed by atoms with Gasteiger partial charge in [-0.05, 0) is 44.2 Å². The van der Waals surface area contributed by atoms with Gasteiger partial charge in [0.15, 0.2) is 11.5 Å². The molecule has 0 spiro atoms. The molecule has 3 heterocycles. The normalized spacial score (nSPS) is 12.6. The van der Waals surface area contributed by atoms with E-state index in [1.165, 1.54) is 10.9 Å². The number of fused-ring (bicyclic) bond motifs is 1. The molecule has 2 aromatic heterocycles. The topological polar surface area (TPSA) is 108 Å². The van der Waals surface area contributed by atoms with Crippen LogP contribution in [0.3, 0.4) is 0 Å². The van der Waals surface area contributed by atoms with E-state index >= 15 is 0 Å². The lowest BCUT2D eigenvalue weighted by atomic mass is 10.1. The molecule has 2 N–H and O–H groups in total. The maximum atomic E-state index is 12.6. The van der Waals surface area contributed by atoms with Crippen molar-refractivity contribution in [2.24, 2.45) is 0 Å². The fourth-order valence-corrected chi connectivity index (χ4v) is 2.84. The lowest BCUT2D eigenvalue weighted by molar-refractivity contribution is -0.129. The number of carbonyl (C=O) groups is 2. The Hall–Kier alpha value is -3.75. The number of hydrogen-bond donors (Lipinski definition) is 2. The van der Waals surface area contributed by atoms with Crippen LogP contribution in [0.5, 0.6) is 11.5 Å². The molecular formula is C20H20N4O5. The molecule has 0 saturated carbocycles. The van der Waals surface area contributed by atoms with Gasteiger partial charge in [0.1, 0.15) is 11.3 Å². The Balaban J connectivity index is 1.41. The van der Waals surface area contributed by atoms with Gasteiger partial charge in [-0.25, -0.2) is 0 Å². The van der Waals surface area contributed by atoms with E-state index in [0.29, 0.717) is 28.5 Å². The summed E-state index contributed by atoms with van der Waals surface area (Å²) in [7, 11) is 0. The molecule has 0 saturated heterocycles. The first-order valence-electron chi connectivity index (χ1n) is 9.00. The average molecular weight is 396 g/mol. The zero-order chi connectivity index (χ0) is 20.4. The Bertz CT molecular complexity index is 1040. The highest BCUT2D eigenvalue weighted by molar-refractivity contribution is 6.04. The van der Waals surface area contributed by atoms with Crippen molar-refractivity contribution < 1.29 is 23.5 Å². The highest BCUT2D eigenvalue weighted by atomic mass is 16.7. The summed E-state index contributed by atoms with van der Waals surface area (Å²) >= 11 is 0. The van der Waals surface area contributed by atoms with Crippen LogP contribution in [0.15, 0.2) is 53.4 Å². The van der Waals surface area contributed by atoms with Crippen LogP contribution in [0, 0.1) is 0 Å². The minimum Gasteiger partial charge on any atom is -0.467 e. The van der Waals surface area contributed by atoms with E-state index in [0.717, 1.165) is 0 Å². The van der Waals surface area contributed by atoms with Gasteiger partial charge < -0.3 is 24.5 Å². The van der Waals surface area contributed by atoms with E-state index < -0.39 is 5.54 Å². The molecule has 0 fully saturated rings. The summed E-state index contributed by atoms with van der Waals surface area (Å²) in [6.45, 7) is 3.90. The Kier molecular flexibility index (Phi) is 4.71. The summed E-state index contributed by atoms with van der Waals surface area (Å²) in [5, 5.41) is 9.82. The monoisotopic (exact) mass is 396 g/mol. The van der Waals surface area contributed by atoms with Gasteiger partial charge >= 0.3 is 0 Å². The molecule has 1 aromatic carbocycles. The molecule has 0 unspecified atom stereocenters. The second-order valence-corrected chi connectivity index (χ2v) is 7.02. The van der Waals surface area contributed by atoms with Gasteiger partial charge in [-0.1, -0.05) is 0 Å². The number of nitrogens with one attached hydrogen (secondary N) is 2. The first-order valence-corrected chi connectivity index (χ1v) is 9.00. The molecule has 4 rings (SSSR count). The lowest BCUT2D eigenvalue weighted by Crippen LogP contribution is -2.44. The first-order chi connectivity index (χ1) is 13.9. The van der Waals surface area contributed by atoms with Gasteiger partial charge in [0, 0.05) is 11.8 Å². The molecule has 0 bridgehead atoms. The van der Waals surface area contributed by atoms with Crippen LogP contribution in [0.4, 0.5) is 5.69 Å². The van der Waals surface area contributed by atoms with E-state index in [1.807, 2.05) is 0 Å². The van der Waals surface area contributed by atoms with Crippen molar-refractivity contribution in [3.05, 3.63) is 60.3 Å². The third-order valence-corrected chi connectivity index (χ3v) is 4.61. The van der Waals surface area contributed by atoms with Crippen molar-refractivity contribution >= 4 is 17.5 Å². The van der Waals surface area contributed by atoms with Crippen molar-refractivity contribution in [1.29, 1.82) is 0 Å². The van der Waals surface area contributed by atoms with Crippen molar-refractivity contribution in [3.63, 3.8) is 0 Å². The molecule has 0 aliphatic carbocycles. The first kappa shape index (κ1) is 18.6. The Labute approximate surface area is 166 Å². The van der Waals surface area contributed by atoms with Crippen molar-refractivity contribution in [2.75, 3.05) is 12.1 Å². The third kappa shape index (κ3) is 3.79. The van der Waals surface area contributed by atoms with Crippen molar-refractivity contribution in [3.8, 4) is 11.5 Å². The molecule has 0 atom stereocenters. The molecule has 2 amide bonds. The SMILES string of the molecule is CC(C)(C(=O)NCc1ccco1)n1cc(NC(=O)c2ccc3c(c2)OCO3)cn1. The van der Waals surface area contributed by atoms with Crippen LogP contribution in [-0.4, -0.2) is 28.4 Å². The predicted molar refractivity (Wildman–Crippen MR) is 103 cm³/mol. The summed E-state index contributed by atoms with van der Waals surface area (Å²) in [4.78, 5) is 25.1. The van der Waals surface area contributed by atoms with E-state index in [4.69, 9.17) is 13.9 Å². The van der Waals surface area contributed by atoms with Crippen LogP contribution in [0.2, 0.25) is 0 Å². The Morgan fingerprint density at radius 3 is 2.83 bits per heavy atom. The van der Waals surface area contributed by atoms with Crippen LogP contribution >= 0.6 is 0 Å². The number of amides is 2. The van der Waals surface area contributed by atoms with Gasteiger partial charge in [0.25, 0.3) is 5.91 Å². The number of nitrogens with zero attached hydrogens (tertiary/aromatic N) is 2. The molecule has 1 aliphatic rings. The van der Waals surface area contributed by atoms with Gasteiger partial charge in [0.05, 0.1) is 24.7 Å². The van der Waals surface area contributed by atoms with Gasteiger partial charge in [-0.3, -0.25) is 14.3 Å². The predicted octanol–water partition coefficient (Wildman–Crippen LogP) is 2.51. The molecule has 150 valence electrons. The number of anilines is 1. The lowest BCUT2D eigenvalue weighted by Gasteiger charge is -2.23. The van der Waals surface area contributed by atoms with Gasteiger partial charge in [-0.2, -0.15) is 5.10 Å². The number of benzene rings is 1. The summed E-state index contributed by atoms with van der Waals surface area (Å²) in [6, 6.07) is 8.50. The second kappa shape index (κ2) is 7.34. The molecule has 9 heteroatoms. The van der Waals surface area contributed by atoms with Gasteiger partial charge in [0.2, 0.25) is 12.7 Å². The Morgan fingerprint density at radius 1 is 1.21 bits per heavy atom. The number of rotatable bonds is 6. The highest BCUT2D eigenvalue weighted by Gasteiger charge is 2.31. The second-order valence-electron chi connectivity index (χ2n) is 7.02. The minimum absolute atomic E-state index is 0.143. The van der Waals surface area contributed by atoms with E-state index in [9.17, 15) is 9.59 Å². The van der Waals surface area contributed by atoms with Crippen molar-refractivity contribution in [2.45, 2.75) is 25.9 Å². The molecule has 29 heavy (non-hydrogen) atoms. The number of ether oxygens (including phenoxy) is 2. The molecule has 3 aromatic rings. The molecule has 1 aliphatic heterocycles. The number of hydrogen-bond acceptors (Lipinski definition) is 6. The fourth-order valence-electron chi connectivity index (χ4n) is 2.84. The van der Waals surface area contributed by atoms with E-state index in [2.05, 4.69) is 15.7 Å². The standard InChI is InChI=1S/C20H20N4O5/c1-20(2,19(26)21-10-15-4-3-7-27-15)24-11-14(9-22-24)23-18(25)13-5-6-16-17(8-13)29-12-28-16/h3-9,11H,10,12H2,1-2H3,(H,21,26)(H,23,25). The maximum Gasteiger partial charge on any atom is 0.255 e. The van der Waals surface area contributed by atoms with E-state index in [-0.39, 0.29) is 25.2 Å². The number of furan rings is 1. The van der Waals surface area contributed by atoms with Crippen LogP contribution in [0.25, 0.3) is 0 Å². The van der Waals surface area contributed by atoms with Crippen molar-refractivity contribution in [1.82, 2.24) is 15.1 Å². The largest absolute Gasteiger partial charge is 0.467 e. The zero-order valence-corrected chi connectivity index (χ0v) is 16.0. The van der Waals surface area contributed by atoms with Gasteiger partial charge in [-0.15, -0.1) is 0 Å². The fraction of sp³-hybridized carbons (Fsp3) is 0.250. The summed E-state index contributed by atoms with van der Waals surface area (Å²) in [6.07, 6.45) is 4.65. The Morgan fingerprint density at radius 2 is 2.03 bits per heavy atom. The highest BCUT2D eigenvalue weighted by Crippen LogP contribution is 2.32. The summed E-state index contributed by atoms with van der Waals surface area (Å²) in [5.41, 5.74) is -0.0639. The smallest absolute Gasteiger partial charge is 0.255 e. The number of carbonyl (C=O) groups excluding carboxylic acids is 2. The summed E-state index contributed by atoms with van der Waals surface area (Å²) in [5.74, 6) is 1.25. The molecule has 9 nitrogen and oxygen atoms in total. The van der Waals surface area contributed by atoms with Crippen LogP contribution in [-0.2, 0) is 16.9 Å². The molecular weight excluding hydrogens is 376 g/mol. The maximum absolute atomic E-state index is 12.6. The molecule has 0 radical (unpaired) electrons. The average Bonchev–Trinajstić information content (AvgIpc) is 3.46.